The number of carbonyl (C=O) groups excluding carboxylic acids is 4. The first kappa shape index (κ1) is 33.9. The van der Waals surface area contributed by atoms with Crippen molar-refractivity contribution < 1.29 is 19.2 Å². The summed E-state index contributed by atoms with van der Waals surface area (Å²) in [5.41, 5.74) is 0. The summed E-state index contributed by atoms with van der Waals surface area (Å²) >= 11 is 0. The van der Waals surface area contributed by atoms with Crippen LogP contribution in [0.3, 0.4) is 0 Å². The Balaban J connectivity index is 4.68. The van der Waals surface area contributed by atoms with Gasteiger partial charge in [0.15, 0.2) is 0 Å². The van der Waals surface area contributed by atoms with Crippen molar-refractivity contribution in [2.75, 3.05) is 26.2 Å². The molecule has 0 saturated heterocycles. The Labute approximate surface area is 219 Å². The standard InChI is InChI=1S/C28H54N4O4/c1-5-9-19-29-25(33)23(26(34)30-20-10-6-2)17-15-13-14-16-18-24(27(35)31-21-11-7-3)28(36)32-22-12-8-4/h23-24H,5-22H2,1-4H3,(H,29,33)(H,30,34)(H,31,35)(H,32,36). The first-order valence-electron chi connectivity index (χ1n) is 14.5. The van der Waals surface area contributed by atoms with E-state index in [9.17, 15) is 19.2 Å². The van der Waals surface area contributed by atoms with Gasteiger partial charge in [0.1, 0.15) is 11.8 Å². The Kier molecular flexibility index (Phi) is 21.9. The topological polar surface area (TPSA) is 116 Å². The van der Waals surface area contributed by atoms with Gasteiger partial charge in [-0.2, -0.15) is 0 Å². The predicted molar refractivity (Wildman–Crippen MR) is 146 cm³/mol. The lowest BCUT2D eigenvalue weighted by Gasteiger charge is -2.18. The van der Waals surface area contributed by atoms with Gasteiger partial charge >= 0.3 is 0 Å². The molecular formula is C28H54N4O4. The van der Waals surface area contributed by atoms with Crippen LogP contribution >= 0.6 is 0 Å². The minimum atomic E-state index is -0.667. The zero-order valence-corrected chi connectivity index (χ0v) is 23.5. The van der Waals surface area contributed by atoms with Crippen LogP contribution in [0.25, 0.3) is 0 Å². The Morgan fingerprint density at radius 2 is 0.667 bits per heavy atom. The first-order valence-corrected chi connectivity index (χ1v) is 14.5. The zero-order chi connectivity index (χ0) is 27.0. The number of hydrogen-bond acceptors (Lipinski definition) is 4. The summed E-state index contributed by atoms with van der Waals surface area (Å²) in [5.74, 6) is -2.09. The summed E-state index contributed by atoms with van der Waals surface area (Å²) in [5, 5.41) is 11.6. The number of amides is 4. The molecule has 0 aromatic rings. The molecule has 0 heterocycles. The van der Waals surface area contributed by atoms with Gasteiger partial charge in [-0.15, -0.1) is 0 Å². The van der Waals surface area contributed by atoms with Gasteiger partial charge in [-0.1, -0.05) is 79.1 Å². The van der Waals surface area contributed by atoms with Crippen molar-refractivity contribution in [3.63, 3.8) is 0 Å². The Morgan fingerprint density at radius 3 is 0.889 bits per heavy atom. The third-order valence-electron chi connectivity index (χ3n) is 6.32. The Hall–Kier alpha value is -2.12. The van der Waals surface area contributed by atoms with Gasteiger partial charge in [0.25, 0.3) is 0 Å². The molecule has 0 aliphatic carbocycles. The summed E-state index contributed by atoms with van der Waals surface area (Å²) in [6, 6.07) is 0. The lowest BCUT2D eigenvalue weighted by molar-refractivity contribution is -0.137. The fourth-order valence-electron chi connectivity index (χ4n) is 3.86. The van der Waals surface area contributed by atoms with E-state index < -0.39 is 11.8 Å². The molecule has 4 amide bonds. The van der Waals surface area contributed by atoms with Crippen molar-refractivity contribution in [2.45, 2.75) is 118 Å². The highest BCUT2D eigenvalue weighted by atomic mass is 16.2. The minimum absolute atomic E-state index is 0.190. The lowest BCUT2D eigenvalue weighted by atomic mass is 9.95. The van der Waals surface area contributed by atoms with Crippen LogP contribution in [0.15, 0.2) is 0 Å². The average Bonchev–Trinajstić information content (AvgIpc) is 2.86. The van der Waals surface area contributed by atoms with Gasteiger partial charge in [-0.3, -0.25) is 19.2 Å². The lowest BCUT2D eigenvalue weighted by Crippen LogP contribution is -2.42. The van der Waals surface area contributed by atoms with E-state index in [-0.39, 0.29) is 23.6 Å². The molecule has 0 rings (SSSR count). The molecule has 0 aliphatic rings. The quantitative estimate of drug-likeness (QED) is 0.122. The molecule has 8 heteroatoms. The number of unbranched alkanes of at least 4 members (excludes halogenated alkanes) is 7. The summed E-state index contributed by atoms with van der Waals surface area (Å²) < 4.78 is 0. The number of nitrogens with one attached hydrogen (secondary N) is 4. The summed E-state index contributed by atoms with van der Waals surface area (Å²) in [6.45, 7) is 10.6. The van der Waals surface area contributed by atoms with Gasteiger partial charge in [-0.25, -0.2) is 0 Å². The fourth-order valence-corrected chi connectivity index (χ4v) is 3.86. The highest BCUT2D eigenvalue weighted by Gasteiger charge is 2.27. The molecule has 4 N–H and O–H groups in total. The van der Waals surface area contributed by atoms with Crippen LogP contribution in [0.1, 0.15) is 118 Å². The highest BCUT2D eigenvalue weighted by Crippen LogP contribution is 2.16. The molecule has 0 aromatic heterocycles. The van der Waals surface area contributed by atoms with E-state index in [2.05, 4.69) is 49.0 Å². The second-order valence-electron chi connectivity index (χ2n) is 9.68. The van der Waals surface area contributed by atoms with Crippen LogP contribution in [0, 0.1) is 11.8 Å². The molecule has 0 spiro atoms. The van der Waals surface area contributed by atoms with Crippen molar-refractivity contribution in [1.82, 2.24) is 21.3 Å². The molecule has 0 saturated carbocycles. The second kappa shape index (κ2) is 23.3. The van der Waals surface area contributed by atoms with Gasteiger partial charge in [-0.05, 0) is 38.5 Å². The van der Waals surface area contributed by atoms with Crippen molar-refractivity contribution in [2.24, 2.45) is 11.8 Å². The maximum absolute atomic E-state index is 12.6. The molecule has 8 nitrogen and oxygen atoms in total. The Bertz CT molecular complexity index is 516. The number of rotatable bonds is 23. The molecule has 36 heavy (non-hydrogen) atoms. The molecule has 0 aromatic carbocycles. The highest BCUT2D eigenvalue weighted by molar-refractivity contribution is 6.00. The van der Waals surface area contributed by atoms with E-state index in [4.69, 9.17) is 0 Å². The number of hydrogen-bond donors (Lipinski definition) is 4. The average molecular weight is 511 g/mol. The van der Waals surface area contributed by atoms with Crippen LogP contribution in [-0.4, -0.2) is 49.8 Å². The van der Waals surface area contributed by atoms with Crippen LogP contribution < -0.4 is 21.3 Å². The van der Waals surface area contributed by atoms with Crippen LogP contribution in [0.2, 0.25) is 0 Å². The maximum atomic E-state index is 12.6. The van der Waals surface area contributed by atoms with Gasteiger partial charge in [0.2, 0.25) is 23.6 Å². The minimum Gasteiger partial charge on any atom is -0.355 e. The molecule has 0 fully saturated rings. The van der Waals surface area contributed by atoms with E-state index in [1.165, 1.54) is 0 Å². The van der Waals surface area contributed by atoms with Gasteiger partial charge in [0.05, 0.1) is 0 Å². The fraction of sp³-hybridized carbons (Fsp3) is 0.857. The third-order valence-corrected chi connectivity index (χ3v) is 6.32. The SMILES string of the molecule is CCCCNC(=O)C(CCCCCCC(C(=O)NCCCC)C(=O)NCCCC)C(=O)NCCCC. The zero-order valence-electron chi connectivity index (χ0n) is 23.5. The second-order valence-corrected chi connectivity index (χ2v) is 9.68. The van der Waals surface area contributed by atoms with Crippen LogP contribution in [-0.2, 0) is 19.2 Å². The molecule has 210 valence electrons. The normalized spacial score (nSPS) is 10.9. The van der Waals surface area contributed by atoms with Gasteiger partial charge in [0, 0.05) is 26.2 Å². The van der Waals surface area contributed by atoms with Gasteiger partial charge < -0.3 is 21.3 Å². The summed E-state index contributed by atoms with van der Waals surface area (Å²) in [4.78, 5) is 50.4. The molecule has 0 atom stereocenters. The van der Waals surface area contributed by atoms with E-state index >= 15 is 0 Å². The van der Waals surface area contributed by atoms with Crippen LogP contribution in [0.4, 0.5) is 0 Å². The first-order chi connectivity index (χ1) is 17.4. The smallest absolute Gasteiger partial charge is 0.232 e. The molecule has 0 bridgehead atoms. The predicted octanol–water partition coefficient (Wildman–Crippen LogP) is 4.22. The largest absolute Gasteiger partial charge is 0.355 e. The van der Waals surface area contributed by atoms with E-state index in [1.54, 1.807) is 0 Å². The number of carbonyl (C=O) groups is 4. The van der Waals surface area contributed by atoms with Crippen molar-refractivity contribution in [1.29, 1.82) is 0 Å². The monoisotopic (exact) mass is 510 g/mol. The molecular weight excluding hydrogens is 456 g/mol. The summed E-state index contributed by atoms with van der Waals surface area (Å²) in [7, 11) is 0. The molecule has 0 radical (unpaired) electrons. The van der Waals surface area contributed by atoms with Crippen molar-refractivity contribution in [3.8, 4) is 0 Å². The van der Waals surface area contributed by atoms with E-state index in [0.717, 1.165) is 77.0 Å². The summed E-state index contributed by atoms with van der Waals surface area (Å²) in [6.07, 6.45) is 11.8. The van der Waals surface area contributed by atoms with Crippen LogP contribution in [0.5, 0.6) is 0 Å². The van der Waals surface area contributed by atoms with Crippen molar-refractivity contribution >= 4 is 23.6 Å². The van der Waals surface area contributed by atoms with Crippen molar-refractivity contribution in [3.05, 3.63) is 0 Å². The third kappa shape index (κ3) is 16.5. The molecule has 0 aliphatic heterocycles. The van der Waals surface area contributed by atoms with E-state index in [0.29, 0.717) is 39.0 Å². The van der Waals surface area contributed by atoms with E-state index in [1.807, 2.05) is 0 Å². The Morgan fingerprint density at radius 1 is 0.417 bits per heavy atom. The molecule has 0 unspecified atom stereocenters. The maximum Gasteiger partial charge on any atom is 0.232 e.